The van der Waals surface area contributed by atoms with Gasteiger partial charge in [-0.3, -0.25) is 4.79 Å². The summed E-state index contributed by atoms with van der Waals surface area (Å²) in [4.78, 5) is 20.2. The van der Waals surface area contributed by atoms with Crippen molar-refractivity contribution in [1.29, 1.82) is 0 Å². The lowest BCUT2D eigenvalue weighted by molar-refractivity contribution is -0.126. The fraction of sp³-hybridized carbons (Fsp3) is 0.360. The summed E-state index contributed by atoms with van der Waals surface area (Å²) in [6.45, 7) is 3.78. The van der Waals surface area contributed by atoms with Crippen molar-refractivity contribution in [3.8, 4) is 11.3 Å². The number of nitrogens with zero attached hydrogens (tertiary/aromatic N) is 1. The average molecular weight is 485 g/mol. The number of imidazole rings is 1. The number of amides is 1. The van der Waals surface area contributed by atoms with E-state index in [-0.39, 0.29) is 34.6 Å². The maximum Gasteiger partial charge on any atom is 0.240 e. The highest BCUT2D eigenvalue weighted by Gasteiger charge is 2.29. The fourth-order valence-electron chi connectivity index (χ4n) is 4.37. The van der Waals surface area contributed by atoms with Crippen molar-refractivity contribution in [2.24, 2.45) is 5.92 Å². The minimum atomic E-state index is -3.66. The Balaban J connectivity index is 1.30. The lowest BCUT2D eigenvalue weighted by atomic mass is 9.85. The van der Waals surface area contributed by atoms with Crippen molar-refractivity contribution in [3.63, 3.8) is 0 Å². The molecule has 1 aliphatic carbocycles. The Morgan fingerprint density at radius 2 is 1.71 bits per heavy atom. The van der Waals surface area contributed by atoms with Crippen molar-refractivity contribution >= 4 is 15.9 Å². The quantitative estimate of drug-likeness (QED) is 0.467. The van der Waals surface area contributed by atoms with Gasteiger partial charge in [0.05, 0.1) is 23.0 Å². The van der Waals surface area contributed by atoms with E-state index in [0.717, 1.165) is 22.5 Å². The molecule has 3 N–H and O–H groups in total. The van der Waals surface area contributed by atoms with E-state index in [1.165, 1.54) is 12.1 Å². The van der Waals surface area contributed by atoms with Gasteiger partial charge in [-0.05, 0) is 69.4 Å². The van der Waals surface area contributed by atoms with Gasteiger partial charge in [-0.15, -0.1) is 0 Å². The topological polar surface area (TPSA) is 104 Å². The SMILES string of the molecule is Cc1[nH]cnc1-c1ccc(S(=O)(=O)N[C@H]2CC[C@H](C(=O)N[C@H](C)c3ccc(F)cc3)CC2)cc1. The third-order valence-corrected chi connectivity index (χ3v) is 7.95. The molecule has 1 atom stereocenters. The Morgan fingerprint density at radius 3 is 2.29 bits per heavy atom. The maximum absolute atomic E-state index is 13.1. The number of H-pyrrole nitrogens is 1. The van der Waals surface area contributed by atoms with E-state index in [1.807, 2.05) is 13.8 Å². The molecule has 0 radical (unpaired) electrons. The number of aryl methyl sites for hydroxylation is 1. The molecule has 1 amide bonds. The third-order valence-electron chi connectivity index (χ3n) is 6.42. The Hall–Kier alpha value is -3.04. The van der Waals surface area contributed by atoms with Gasteiger partial charge in [-0.1, -0.05) is 24.3 Å². The monoisotopic (exact) mass is 484 g/mol. The molecule has 1 fully saturated rings. The highest BCUT2D eigenvalue weighted by molar-refractivity contribution is 7.89. The number of hydrogen-bond acceptors (Lipinski definition) is 4. The van der Waals surface area contributed by atoms with Crippen LogP contribution in [0.1, 0.15) is 49.9 Å². The minimum Gasteiger partial charge on any atom is -0.349 e. The number of nitrogens with one attached hydrogen (secondary N) is 3. The largest absolute Gasteiger partial charge is 0.349 e. The number of aromatic amines is 1. The summed E-state index contributed by atoms with van der Waals surface area (Å²) in [6.07, 6.45) is 4.00. The second kappa shape index (κ2) is 10.1. The summed E-state index contributed by atoms with van der Waals surface area (Å²) in [5, 5.41) is 2.99. The molecule has 0 saturated heterocycles. The maximum atomic E-state index is 13.1. The molecule has 9 heteroatoms. The first-order chi connectivity index (χ1) is 16.2. The molecule has 34 heavy (non-hydrogen) atoms. The number of aromatic nitrogens is 2. The standard InChI is InChI=1S/C25H29FN4O3S/c1-16(18-3-9-21(26)10-4-18)29-25(31)20-5-11-22(12-6-20)30-34(32,33)23-13-7-19(8-14-23)24-17(2)27-15-28-24/h3-4,7-10,13-16,20,22,30H,5-6,11-12H2,1-2H3,(H,27,28)(H,29,31)/t16-,20-,22-/m1/s1. The van der Waals surface area contributed by atoms with E-state index in [0.29, 0.717) is 25.7 Å². The zero-order valence-electron chi connectivity index (χ0n) is 19.2. The predicted octanol–water partition coefficient (Wildman–Crippen LogP) is 4.24. The number of benzene rings is 2. The zero-order chi connectivity index (χ0) is 24.3. The molecule has 1 heterocycles. The Kier molecular flexibility index (Phi) is 7.13. The van der Waals surface area contributed by atoms with Gasteiger partial charge in [-0.2, -0.15) is 0 Å². The Morgan fingerprint density at radius 1 is 1.06 bits per heavy atom. The first kappa shape index (κ1) is 24.1. The average Bonchev–Trinajstić information content (AvgIpc) is 3.25. The Bertz CT molecular complexity index is 1230. The molecular formula is C25H29FN4O3S. The van der Waals surface area contributed by atoms with E-state index in [4.69, 9.17) is 0 Å². The number of rotatable bonds is 7. The van der Waals surface area contributed by atoms with Crippen molar-refractivity contribution < 1.29 is 17.6 Å². The first-order valence-corrected chi connectivity index (χ1v) is 12.9. The normalized spacial score (nSPS) is 19.5. The molecule has 3 aromatic rings. The van der Waals surface area contributed by atoms with E-state index in [1.54, 1.807) is 42.7 Å². The summed E-state index contributed by atoms with van der Waals surface area (Å²) >= 11 is 0. The van der Waals surface area contributed by atoms with Crippen molar-refractivity contribution in [1.82, 2.24) is 20.0 Å². The van der Waals surface area contributed by atoms with Crippen LogP contribution in [0, 0.1) is 18.7 Å². The smallest absolute Gasteiger partial charge is 0.240 e. The molecule has 1 aliphatic rings. The van der Waals surface area contributed by atoms with Crippen LogP contribution in [0.2, 0.25) is 0 Å². The molecule has 7 nitrogen and oxygen atoms in total. The number of hydrogen-bond donors (Lipinski definition) is 3. The molecule has 0 unspecified atom stereocenters. The highest BCUT2D eigenvalue weighted by Crippen LogP contribution is 2.27. The van der Waals surface area contributed by atoms with Crippen LogP contribution in [0.15, 0.2) is 59.8 Å². The summed E-state index contributed by atoms with van der Waals surface area (Å²) in [5.41, 5.74) is 3.40. The molecular weight excluding hydrogens is 455 g/mol. The number of halogens is 1. The second-order valence-electron chi connectivity index (χ2n) is 8.85. The molecule has 1 saturated carbocycles. The summed E-state index contributed by atoms with van der Waals surface area (Å²) in [5.74, 6) is -0.533. The van der Waals surface area contributed by atoms with Gasteiger partial charge in [0.1, 0.15) is 5.82 Å². The van der Waals surface area contributed by atoms with Gasteiger partial charge < -0.3 is 10.3 Å². The zero-order valence-corrected chi connectivity index (χ0v) is 20.0. The lowest BCUT2D eigenvalue weighted by Gasteiger charge is -2.29. The molecule has 1 aromatic heterocycles. The molecule has 0 aliphatic heterocycles. The lowest BCUT2D eigenvalue weighted by Crippen LogP contribution is -2.41. The van der Waals surface area contributed by atoms with E-state index < -0.39 is 10.0 Å². The third kappa shape index (κ3) is 5.53. The highest BCUT2D eigenvalue weighted by atomic mass is 32.2. The number of carbonyl (C=O) groups excluding carboxylic acids is 1. The fourth-order valence-corrected chi connectivity index (χ4v) is 5.67. The first-order valence-electron chi connectivity index (χ1n) is 11.4. The van der Waals surface area contributed by atoms with Crippen LogP contribution >= 0.6 is 0 Å². The number of sulfonamides is 1. The van der Waals surface area contributed by atoms with Gasteiger partial charge >= 0.3 is 0 Å². The van der Waals surface area contributed by atoms with Crippen LogP contribution < -0.4 is 10.0 Å². The summed E-state index contributed by atoms with van der Waals surface area (Å²) in [6, 6.07) is 12.3. The molecule has 0 spiro atoms. The Labute approximate surface area is 199 Å². The second-order valence-corrected chi connectivity index (χ2v) is 10.6. The van der Waals surface area contributed by atoms with Crippen LogP contribution in [0.25, 0.3) is 11.3 Å². The van der Waals surface area contributed by atoms with Crippen LogP contribution in [0.3, 0.4) is 0 Å². The molecule has 2 aromatic carbocycles. The molecule has 4 rings (SSSR count). The van der Waals surface area contributed by atoms with Crippen LogP contribution in [0.4, 0.5) is 4.39 Å². The van der Waals surface area contributed by atoms with Gasteiger partial charge in [0, 0.05) is 23.2 Å². The van der Waals surface area contributed by atoms with Gasteiger partial charge in [0.25, 0.3) is 0 Å². The van der Waals surface area contributed by atoms with Gasteiger partial charge in [-0.25, -0.2) is 22.5 Å². The van der Waals surface area contributed by atoms with E-state index in [2.05, 4.69) is 20.0 Å². The summed E-state index contributed by atoms with van der Waals surface area (Å²) in [7, 11) is -3.66. The van der Waals surface area contributed by atoms with E-state index >= 15 is 0 Å². The van der Waals surface area contributed by atoms with Crippen molar-refractivity contribution in [2.45, 2.75) is 56.5 Å². The predicted molar refractivity (Wildman–Crippen MR) is 128 cm³/mol. The number of carbonyl (C=O) groups is 1. The van der Waals surface area contributed by atoms with Gasteiger partial charge in [0.15, 0.2) is 0 Å². The summed E-state index contributed by atoms with van der Waals surface area (Å²) < 4.78 is 41.6. The van der Waals surface area contributed by atoms with Crippen molar-refractivity contribution in [2.75, 3.05) is 0 Å². The van der Waals surface area contributed by atoms with E-state index in [9.17, 15) is 17.6 Å². The van der Waals surface area contributed by atoms with Crippen molar-refractivity contribution in [3.05, 3.63) is 71.9 Å². The molecule has 0 bridgehead atoms. The van der Waals surface area contributed by atoms with Gasteiger partial charge in [0.2, 0.25) is 15.9 Å². The van der Waals surface area contributed by atoms with Crippen LogP contribution in [0.5, 0.6) is 0 Å². The minimum absolute atomic E-state index is 0.0534. The van der Waals surface area contributed by atoms with Crippen LogP contribution in [-0.2, 0) is 14.8 Å². The van der Waals surface area contributed by atoms with Crippen LogP contribution in [-0.4, -0.2) is 30.3 Å². The molecule has 180 valence electrons.